The van der Waals surface area contributed by atoms with Gasteiger partial charge in [0.05, 0.1) is 4.92 Å². The van der Waals surface area contributed by atoms with E-state index in [1.165, 1.54) is 12.3 Å². The third kappa shape index (κ3) is 4.53. The maximum atomic E-state index is 11.4. The Kier molecular flexibility index (Phi) is 4.27. The zero-order chi connectivity index (χ0) is 13.7. The van der Waals surface area contributed by atoms with E-state index in [0.717, 1.165) is 12.8 Å². The molecule has 7 heteroatoms. The first-order valence-corrected chi connectivity index (χ1v) is 6.29. The van der Waals surface area contributed by atoms with Gasteiger partial charge in [0.25, 0.3) is 5.69 Å². The number of anilines is 1. The minimum absolute atomic E-state index is 0.0330. The van der Waals surface area contributed by atoms with Crippen molar-refractivity contribution in [1.82, 2.24) is 10.3 Å². The molecule has 2 rings (SSSR count). The molecule has 1 aliphatic carbocycles. The maximum absolute atomic E-state index is 11.4. The highest BCUT2D eigenvalue weighted by atomic mass is 16.6. The van der Waals surface area contributed by atoms with Gasteiger partial charge in [-0.3, -0.25) is 14.9 Å². The topological polar surface area (TPSA) is 97.2 Å². The zero-order valence-electron chi connectivity index (χ0n) is 10.5. The number of pyridine rings is 1. The third-order valence-corrected chi connectivity index (χ3v) is 2.79. The van der Waals surface area contributed by atoms with Gasteiger partial charge in [-0.05, 0) is 25.3 Å². The van der Waals surface area contributed by atoms with E-state index in [-0.39, 0.29) is 11.6 Å². The Labute approximate surface area is 110 Å². The van der Waals surface area contributed by atoms with Gasteiger partial charge in [0.15, 0.2) is 0 Å². The minimum atomic E-state index is -0.487. The van der Waals surface area contributed by atoms with Crippen LogP contribution in [0, 0.1) is 10.1 Å². The Morgan fingerprint density at radius 3 is 2.84 bits per heavy atom. The van der Waals surface area contributed by atoms with Crippen molar-refractivity contribution in [2.45, 2.75) is 31.7 Å². The number of nitro groups is 1. The quantitative estimate of drug-likeness (QED) is 0.441. The van der Waals surface area contributed by atoms with E-state index >= 15 is 0 Å². The van der Waals surface area contributed by atoms with Crippen LogP contribution in [0.25, 0.3) is 0 Å². The fraction of sp³-hybridized carbons (Fsp3) is 0.500. The monoisotopic (exact) mass is 264 g/mol. The molecule has 0 aliphatic heterocycles. The van der Waals surface area contributed by atoms with Crippen molar-refractivity contribution in [2.24, 2.45) is 0 Å². The second-order valence-electron chi connectivity index (χ2n) is 4.53. The SMILES string of the molecule is O=C(CCCNc1ccc([N+](=O)[O-])cn1)NC1CC1. The number of hydrogen-bond acceptors (Lipinski definition) is 5. The Morgan fingerprint density at radius 1 is 1.47 bits per heavy atom. The second kappa shape index (κ2) is 6.12. The second-order valence-corrected chi connectivity index (χ2v) is 4.53. The van der Waals surface area contributed by atoms with Crippen LogP contribution in [0.3, 0.4) is 0 Å². The van der Waals surface area contributed by atoms with Crippen LogP contribution in [0.15, 0.2) is 18.3 Å². The highest BCUT2D eigenvalue weighted by molar-refractivity contribution is 5.76. The number of aromatic nitrogens is 1. The predicted molar refractivity (Wildman–Crippen MR) is 69.8 cm³/mol. The number of hydrogen-bond donors (Lipinski definition) is 2. The number of carbonyl (C=O) groups excluding carboxylic acids is 1. The summed E-state index contributed by atoms with van der Waals surface area (Å²) in [6, 6.07) is 3.36. The summed E-state index contributed by atoms with van der Waals surface area (Å²) in [4.78, 5) is 25.3. The molecule has 1 fully saturated rings. The predicted octanol–water partition coefficient (Wildman–Crippen LogP) is 1.46. The van der Waals surface area contributed by atoms with Crippen LogP contribution in [0.5, 0.6) is 0 Å². The van der Waals surface area contributed by atoms with Crippen molar-refractivity contribution >= 4 is 17.4 Å². The molecule has 0 unspecified atom stereocenters. The first-order chi connectivity index (χ1) is 9.15. The number of nitrogens with zero attached hydrogens (tertiary/aromatic N) is 2. The summed E-state index contributed by atoms with van der Waals surface area (Å²) in [5, 5.41) is 16.4. The summed E-state index contributed by atoms with van der Waals surface area (Å²) in [7, 11) is 0. The fourth-order valence-electron chi connectivity index (χ4n) is 1.59. The Morgan fingerprint density at radius 2 is 2.26 bits per heavy atom. The molecule has 0 saturated heterocycles. The summed E-state index contributed by atoms with van der Waals surface area (Å²) in [5.74, 6) is 0.661. The van der Waals surface area contributed by atoms with Gasteiger partial charge in [-0.15, -0.1) is 0 Å². The Hall–Kier alpha value is -2.18. The normalized spacial score (nSPS) is 13.9. The Balaban J connectivity index is 1.64. The lowest BCUT2D eigenvalue weighted by Gasteiger charge is -2.05. The van der Waals surface area contributed by atoms with Gasteiger partial charge in [-0.25, -0.2) is 4.98 Å². The van der Waals surface area contributed by atoms with Gasteiger partial charge in [0, 0.05) is 25.1 Å². The van der Waals surface area contributed by atoms with E-state index < -0.39 is 4.92 Å². The molecule has 102 valence electrons. The van der Waals surface area contributed by atoms with Crippen LogP contribution in [0.4, 0.5) is 11.5 Å². The molecule has 1 saturated carbocycles. The van der Waals surface area contributed by atoms with Crippen molar-refractivity contribution in [3.05, 3.63) is 28.4 Å². The van der Waals surface area contributed by atoms with E-state index in [4.69, 9.17) is 0 Å². The number of carbonyl (C=O) groups is 1. The van der Waals surface area contributed by atoms with Gasteiger partial charge >= 0.3 is 0 Å². The van der Waals surface area contributed by atoms with Crippen molar-refractivity contribution in [2.75, 3.05) is 11.9 Å². The van der Waals surface area contributed by atoms with Gasteiger partial charge in [0.1, 0.15) is 12.0 Å². The molecule has 0 radical (unpaired) electrons. The summed E-state index contributed by atoms with van der Waals surface area (Å²) in [5.41, 5.74) is -0.0330. The molecule has 1 aliphatic rings. The molecule has 0 atom stereocenters. The van der Waals surface area contributed by atoms with Crippen molar-refractivity contribution in [3.8, 4) is 0 Å². The average molecular weight is 264 g/mol. The van der Waals surface area contributed by atoms with E-state index in [9.17, 15) is 14.9 Å². The van der Waals surface area contributed by atoms with Crippen LogP contribution in [-0.4, -0.2) is 28.4 Å². The van der Waals surface area contributed by atoms with Crippen molar-refractivity contribution in [3.63, 3.8) is 0 Å². The van der Waals surface area contributed by atoms with Crippen LogP contribution in [0.2, 0.25) is 0 Å². The molecule has 1 heterocycles. The van der Waals surface area contributed by atoms with E-state index in [1.807, 2.05) is 0 Å². The smallest absolute Gasteiger partial charge is 0.287 e. The molecule has 19 heavy (non-hydrogen) atoms. The minimum Gasteiger partial charge on any atom is -0.370 e. The van der Waals surface area contributed by atoms with Crippen molar-refractivity contribution in [1.29, 1.82) is 0 Å². The highest BCUT2D eigenvalue weighted by Gasteiger charge is 2.22. The number of amides is 1. The molecule has 1 aromatic heterocycles. The lowest BCUT2D eigenvalue weighted by Crippen LogP contribution is -2.25. The summed E-state index contributed by atoms with van der Waals surface area (Å²) in [6.45, 7) is 0.614. The van der Waals surface area contributed by atoms with Crippen LogP contribution >= 0.6 is 0 Å². The fourth-order valence-corrected chi connectivity index (χ4v) is 1.59. The molecule has 7 nitrogen and oxygen atoms in total. The molecule has 1 amide bonds. The molecular weight excluding hydrogens is 248 g/mol. The van der Waals surface area contributed by atoms with Gasteiger partial charge in [-0.2, -0.15) is 0 Å². The largest absolute Gasteiger partial charge is 0.370 e. The average Bonchev–Trinajstić information content (AvgIpc) is 3.19. The third-order valence-electron chi connectivity index (χ3n) is 2.79. The maximum Gasteiger partial charge on any atom is 0.287 e. The van der Waals surface area contributed by atoms with E-state index in [0.29, 0.717) is 31.2 Å². The van der Waals surface area contributed by atoms with E-state index in [2.05, 4.69) is 15.6 Å². The van der Waals surface area contributed by atoms with E-state index in [1.54, 1.807) is 6.07 Å². The molecule has 0 aromatic carbocycles. The van der Waals surface area contributed by atoms with Crippen LogP contribution in [-0.2, 0) is 4.79 Å². The molecule has 1 aromatic rings. The molecule has 0 spiro atoms. The van der Waals surface area contributed by atoms with Gasteiger partial charge in [0.2, 0.25) is 5.91 Å². The summed E-state index contributed by atoms with van der Waals surface area (Å²) in [6.07, 6.45) is 4.59. The zero-order valence-corrected chi connectivity index (χ0v) is 10.5. The van der Waals surface area contributed by atoms with Crippen molar-refractivity contribution < 1.29 is 9.72 Å². The standard InChI is InChI=1S/C12H16N4O3/c17-12(15-9-3-4-9)2-1-7-13-11-6-5-10(8-14-11)16(18)19/h5-6,8-9H,1-4,7H2,(H,13,14)(H,15,17). The summed E-state index contributed by atoms with van der Waals surface area (Å²) >= 11 is 0. The number of nitrogens with one attached hydrogen (secondary N) is 2. The summed E-state index contributed by atoms with van der Waals surface area (Å²) < 4.78 is 0. The molecule has 2 N–H and O–H groups in total. The lowest BCUT2D eigenvalue weighted by atomic mass is 10.3. The first-order valence-electron chi connectivity index (χ1n) is 6.29. The lowest BCUT2D eigenvalue weighted by molar-refractivity contribution is -0.385. The first kappa shape index (κ1) is 13.3. The van der Waals surface area contributed by atoms with Gasteiger partial charge in [-0.1, -0.05) is 0 Å². The number of rotatable bonds is 7. The Bertz CT molecular complexity index is 457. The highest BCUT2D eigenvalue weighted by Crippen LogP contribution is 2.18. The van der Waals surface area contributed by atoms with Gasteiger partial charge < -0.3 is 10.6 Å². The molecular formula is C12H16N4O3. The van der Waals surface area contributed by atoms with Crippen LogP contribution in [0.1, 0.15) is 25.7 Å². The molecule has 0 bridgehead atoms. The van der Waals surface area contributed by atoms with Crippen LogP contribution < -0.4 is 10.6 Å².